The molecule has 0 saturated heterocycles. The predicted octanol–water partition coefficient (Wildman–Crippen LogP) is 5.07. The zero-order chi connectivity index (χ0) is 15.6. The summed E-state index contributed by atoms with van der Waals surface area (Å²) in [6, 6.07) is 1.78. The minimum Gasteiger partial charge on any atom is -0.369 e. The van der Waals surface area contributed by atoms with Gasteiger partial charge in [-0.1, -0.05) is 23.2 Å². The van der Waals surface area contributed by atoms with Crippen LogP contribution in [0.5, 0.6) is 0 Å². The average Bonchev–Trinajstić information content (AvgIpc) is 2.74. The maximum absolute atomic E-state index is 6.23. The number of nitrogens with one attached hydrogen (secondary N) is 2. The van der Waals surface area contributed by atoms with Gasteiger partial charge in [0.15, 0.2) is 0 Å². The molecule has 0 bridgehead atoms. The molecule has 2 rings (SSSR count). The van der Waals surface area contributed by atoms with Crippen molar-refractivity contribution in [3.8, 4) is 0 Å². The van der Waals surface area contributed by atoms with Crippen LogP contribution in [0.3, 0.4) is 0 Å². The van der Waals surface area contributed by atoms with E-state index in [1.54, 1.807) is 17.4 Å². The van der Waals surface area contributed by atoms with Crippen molar-refractivity contribution in [2.75, 3.05) is 17.2 Å². The third-order valence-electron chi connectivity index (χ3n) is 2.96. The lowest BCUT2D eigenvalue weighted by Crippen LogP contribution is -2.10. The Morgan fingerprint density at radius 3 is 2.43 bits per heavy atom. The number of anilines is 2. The van der Waals surface area contributed by atoms with Crippen LogP contribution in [0.15, 0.2) is 6.07 Å². The number of halogens is 2. The number of aromatic nitrogens is 2. The number of hydrogen-bond acceptors (Lipinski definition) is 5. The SMILES string of the molecule is CCNc1nc(NC(C)c2sc(C)nc2C)c(Cl)cc1Cl. The van der Waals surface area contributed by atoms with Gasteiger partial charge < -0.3 is 10.6 Å². The van der Waals surface area contributed by atoms with Crippen LogP contribution in [0.25, 0.3) is 0 Å². The van der Waals surface area contributed by atoms with Crippen LogP contribution in [-0.2, 0) is 0 Å². The first-order chi connectivity index (χ1) is 9.92. The predicted molar refractivity (Wildman–Crippen MR) is 92.0 cm³/mol. The van der Waals surface area contributed by atoms with Gasteiger partial charge in [0.25, 0.3) is 0 Å². The van der Waals surface area contributed by atoms with E-state index in [4.69, 9.17) is 23.2 Å². The second kappa shape index (κ2) is 6.81. The van der Waals surface area contributed by atoms with Crippen LogP contribution in [0.2, 0.25) is 10.0 Å². The molecular weight excluding hydrogens is 327 g/mol. The average molecular weight is 345 g/mol. The van der Waals surface area contributed by atoms with Crippen LogP contribution < -0.4 is 10.6 Å². The molecule has 0 aliphatic heterocycles. The summed E-state index contributed by atoms with van der Waals surface area (Å²) in [7, 11) is 0. The van der Waals surface area contributed by atoms with Gasteiger partial charge in [-0.3, -0.25) is 0 Å². The molecule has 114 valence electrons. The van der Waals surface area contributed by atoms with Gasteiger partial charge in [-0.2, -0.15) is 0 Å². The topological polar surface area (TPSA) is 49.8 Å². The zero-order valence-electron chi connectivity index (χ0n) is 12.4. The maximum atomic E-state index is 6.23. The molecule has 0 aromatic carbocycles. The van der Waals surface area contributed by atoms with Crippen LogP contribution in [0.4, 0.5) is 11.6 Å². The zero-order valence-corrected chi connectivity index (χ0v) is 14.7. The summed E-state index contributed by atoms with van der Waals surface area (Å²) >= 11 is 14.0. The third kappa shape index (κ3) is 3.78. The van der Waals surface area contributed by atoms with E-state index in [0.717, 1.165) is 17.2 Å². The van der Waals surface area contributed by atoms with Crippen molar-refractivity contribution in [2.45, 2.75) is 33.7 Å². The molecule has 0 amide bonds. The molecule has 7 heteroatoms. The van der Waals surface area contributed by atoms with E-state index >= 15 is 0 Å². The molecule has 0 spiro atoms. The van der Waals surface area contributed by atoms with E-state index in [1.807, 2.05) is 20.8 Å². The van der Waals surface area contributed by atoms with Gasteiger partial charge in [0.2, 0.25) is 0 Å². The Bertz CT molecular complexity index is 642. The Hall–Kier alpha value is -1.04. The van der Waals surface area contributed by atoms with E-state index in [-0.39, 0.29) is 6.04 Å². The summed E-state index contributed by atoms with van der Waals surface area (Å²) in [5.74, 6) is 1.26. The van der Waals surface area contributed by atoms with Crippen molar-refractivity contribution in [1.29, 1.82) is 0 Å². The number of rotatable bonds is 5. The molecule has 2 N–H and O–H groups in total. The number of aryl methyl sites for hydroxylation is 2. The summed E-state index contributed by atoms with van der Waals surface area (Å²) in [6.07, 6.45) is 0. The maximum Gasteiger partial charge on any atom is 0.147 e. The van der Waals surface area contributed by atoms with Crippen molar-refractivity contribution in [3.05, 3.63) is 31.7 Å². The summed E-state index contributed by atoms with van der Waals surface area (Å²) in [6.45, 7) is 8.82. The highest BCUT2D eigenvalue weighted by molar-refractivity contribution is 7.11. The molecular formula is C14H18Cl2N4S. The lowest BCUT2D eigenvalue weighted by Gasteiger charge is -2.16. The normalized spacial score (nSPS) is 12.3. The summed E-state index contributed by atoms with van der Waals surface area (Å²) < 4.78 is 0. The Balaban J connectivity index is 2.26. The Morgan fingerprint density at radius 2 is 1.86 bits per heavy atom. The number of hydrogen-bond donors (Lipinski definition) is 2. The van der Waals surface area contributed by atoms with E-state index < -0.39 is 0 Å². The first kappa shape index (κ1) is 16.3. The Labute approximate surface area is 138 Å². The van der Waals surface area contributed by atoms with Crippen LogP contribution in [0.1, 0.15) is 35.5 Å². The molecule has 0 aliphatic carbocycles. The molecule has 0 aliphatic rings. The second-order valence-electron chi connectivity index (χ2n) is 4.73. The molecule has 1 atom stereocenters. The van der Waals surface area contributed by atoms with Crippen LogP contribution in [-0.4, -0.2) is 16.5 Å². The molecule has 4 nitrogen and oxygen atoms in total. The van der Waals surface area contributed by atoms with Crippen molar-refractivity contribution < 1.29 is 0 Å². The highest BCUT2D eigenvalue weighted by Crippen LogP contribution is 2.33. The Morgan fingerprint density at radius 1 is 1.19 bits per heavy atom. The highest BCUT2D eigenvalue weighted by atomic mass is 35.5. The smallest absolute Gasteiger partial charge is 0.147 e. The van der Waals surface area contributed by atoms with E-state index in [1.165, 1.54) is 4.88 Å². The van der Waals surface area contributed by atoms with E-state index in [9.17, 15) is 0 Å². The first-order valence-corrected chi connectivity index (χ1v) is 8.30. The first-order valence-electron chi connectivity index (χ1n) is 6.72. The largest absolute Gasteiger partial charge is 0.369 e. The van der Waals surface area contributed by atoms with Crippen molar-refractivity contribution in [3.63, 3.8) is 0 Å². The van der Waals surface area contributed by atoms with Crippen LogP contribution >= 0.6 is 34.5 Å². The highest BCUT2D eigenvalue weighted by Gasteiger charge is 2.16. The molecule has 0 saturated carbocycles. The van der Waals surface area contributed by atoms with E-state index in [2.05, 4.69) is 27.5 Å². The summed E-state index contributed by atoms with van der Waals surface area (Å²) in [4.78, 5) is 10.1. The molecule has 0 radical (unpaired) electrons. The fourth-order valence-corrected chi connectivity index (χ4v) is 3.49. The molecule has 21 heavy (non-hydrogen) atoms. The van der Waals surface area contributed by atoms with E-state index in [0.29, 0.717) is 21.7 Å². The Kier molecular flexibility index (Phi) is 5.30. The van der Waals surface area contributed by atoms with Gasteiger partial charge in [-0.25, -0.2) is 9.97 Å². The van der Waals surface area contributed by atoms with Gasteiger partial charge in [-0.05, 0) is 33.8 Å². The van der Waals surface area contributed by atoms with Gasteiger partial charge in [-0.15, -0.1) is 11.3 Å². The number of nitrogens with zero attached hydrogens (tertiary/aromatic N) is 2. The molecule has 2 heterocycles. The number of thiazole rings is 1. The molecule has 0 fully saturated rings. The van der Waals surface area contributed by atoms with Crippen molar-refractivity contribution in [2.24, 2.45) is 0 Å². The van der Waals surface area contributed by atoms with Gasteiger partial charge in [0.05, 0.1) is 26.8 Å². The lowest BCUT2D eigenvalue weighted by atomic mass is 10.2. The van der Waals surface area contributed by atoms with Gasteiger partial charge in [0.1, 0.15) is 11.6 Å². The second-order valence-corrected chi connectivity index (χ2v) is 6.78. The van der Waals surface area contributed by atoms with Crippen molar-refractivity contribution in [1.82, 2.24) is 9.97 Å². The monoisotopic (exact) mass is 344 g/mol. The molecule has 1 unspecified atom stereocenters. The third-order valence-corrected chi connectivity index (χ3v) is 4.79. The summed E-state index contributed by atoms with van der Waals surface area (Å²) in [5, 5.41) is 8.54. The van der Waals surface area contributed by atoms with Gasteiger partial charge in [0, 0.05) is 11.4 Å². The quantitative estimate of drug-likeness (QED) is 0.795. The lowest BCUT2D eigenvalue weighted by molar-refractivity contribution is 0.880. The minimum absolute atomic E-state index is 0.0804. The minimum atomic E-state index is 0.0804. The molecule has 2 aromatic rings. The van der Waals surface area contributed by atoms with Crippen LogP contribution in [0, 0.1) is 13.8 Å². The molecule has 2 aromatic heterocycles. The fourth-order valence-electron chi connectivity index (χ4n) is 2.08. The van der Waals surface area contributed by atoms with Crippen molar-refractivity contribution >= 4 is 46.2 Å². The summed E-state index contributed by atoms with van der Waals surface area (Å²) in [5.41, 5.74) is 1.04. The standard InChI is InChI=1S/C14H18Cl2N4S/c1-5-17-13-10(15)6-11(16)14(20-13)19-8(3)12-7(2)18-9(4)21-12/h6,8H,5H2,1-4H3,(H2,17,19,20). The fraction of sp³-hybridized carbons (Fsp3) is 0.429. The van der Waals surface area contributed by atoms with Gasteiger partial charge >= 0.3 is 0 Å². The number of pyridine rings is 1.